The Morgan fingerprint density at radius 2 is 2.45 bits per heavy atom. The van der Waals surface area contributed by atoms with Gasteiger partial charge in [-0.05, 0) is 6.92 Å². The number of esters is 1. The Morgan fingerprint density at radius 3 is 2.91 bits per heavy atom. The van der Waals surface area contributed by atoms with Crippen LogP contribution in [0.15, 0.2) is 5.10 Å². The number of carbonyl (C=O) groups excluding carboxylic acids is 1. The number of hydrazone groups is 1. The molecule has 11 heavy (non-hydrogen) atoms. The van der Waals surface area contributed by atoms with E-state index in [1.807, 2.05) is 0 Å². The molecule has 0 fully saturated rings. The Kier molecular flexibility index (Phi) is 4.72. The molecule has 0 atom stereocenters. The highest BCUT2D eigenvalue weighted by Gasteiger charge is 1.94. The second kappa shape index (κ2) is 5.40. The standard InChI is InChI=1S/C6H11N3O2/c1-5(7)3-8-9-4-6(10)11-2/h3,7,9H,4H2,1-2H3/b7-5?,8-3-. The van der Waals surface area contributed by atoms with Crippen LogP contribution in [-0.2, 0) is 9.53 Å². The molecule has 2 N–H and O–H groups in total. The summed E-state index contributed by atoms with van der Waals surface area (Å²) in [4.78, 5) is 10.4. The van der Waals surface area contributed by atoms with Crippen molar-refractivity contribution in [1.29, 1.82) is 5.41 Å². The van der Waals surface area contributed by atoms with E-state index in [2.05, 4.69) is 15.3 Å². The number of methoxy groups -OCH3 is 1. The average Bonchev–Trinajstić information content (AvgIpc) is 1.97. The molecule has 0 rings (SSSR count). The van der Waals surface area contributed by atoms with E-state index in [0.717, 1.165) is 0 Å². The Bertz CT molecular complexity index is 177. The van der Waals surface area contributed by atoms with Gasteiger partial charge in [-0.2, -0.15) is 5.10 Å². The van der Waals surface area contributed by atoms with Crippen molar-refractivity contribution >= 4 is 17.9 Å². The lowest BCUT2D eigenvalue weighted by atomic mass is 10.5. The Balaban J connectivity index is 3.41. The molecule has 0 aromatic heterocycles. The first-order chi connectivity index (χ1) is 5.16. The van der Waals surface area contributed by atoms with Gasteiger partial charge >= 0.3 is 5.97 Å². The Hall–Kier alpha value is -1.39. The minimum Gasteiger partial charge on any atom is -0.468 e. The van der Waals surface area contributed by atoms with E-state index < -0.39 is 0 Å². The van der Waals surface area contributed by atoms with E-state index in [1.165, 1.54) is 13.3 Å². The van der Waals surface area contributed by atoms with E-state index in [9.17, 15) is 4.79 Å². The van der Waals surface area contributed by atoms with Crippen LogP contribution < -0.4 is 5.43 Å². The van der Waals surface area contributed by atoms with Gasteiger partial charge < -0.3 is 10.1 Å². The summed E-state index contributed by atoms with van der Waals surface area (Å²) in [6.45, 7) is 1.61. The fraction of sp³-hybridized carbons (Fsp3) is 0.500. The zero-order chi connectivity index (χ0) is 8.69. The number of ether oxygens (including phenoxy) is 1. The predicted molar refractivity (Wildman–Crippen MR) is 41.9 cm³/mol. The minimum atomic E-state index is -0.384. The van der Waals surface area contributed by atoms with Crippen molar-refractivity contribution < 1.29 is 9.53 Å². The molecule has 0 aliphatic rings. The predicted octanol–water partition coefficient (Wildman–Crippen LogP) is -0.226. The summed E-state index contributed by atoms with van der Waals surface area (Å²) in [5, 5.41) is 10.5. The summed E-state index contributed by atoms with van der Waals surface area (Å²) in [6, 6.07) is 0. The molecule has 0 aliphatic heterocycles. The topological polar surface area (TPSA) is 74.5 Å². The van der Waals surface area contributed by atoms with Crippen molar-refractivity contribution in [2.75, 3.05) is 13.7 Å². The summed E-state index contributed by atoms with van der Waals surface area (Å²) in [6.07, 6.45) is 1.31. The van der Waals surface area contributed by atoms with Crippen molar-refractivity contribution in [2.24, 2.45) is 5.10 Å². The van der Waals surface area contributed by atoms with Gasteiger partial charge in [0.2, 0.25) is 0 Å². The summed E-state index contributed by atoms with van der Waals surface area (Å²) >= 11 is 0. The van der Waals surface area contributed by atoms with Crippen molar-refractivity contribution in [2.45, 2.75) is 6.92 Å². The van der Waals surface area contributed by atoms with Crippen molar-refractivity contribution in [3.63, 3.8) is 0 Å². The third kappa shape index (κ3) is 6.50. The number of carbonyl (C=O) groups is 1. The van der Waals surface area contributed by atoms with Crippen molar-refractivity contribution in [3.05, 3.63) is 0 Å². The number of nitrogens with zero attached hydrogens (tertiary/aromatic N) is 1. The molecular weight excluding hydrogens is 146 g/mol. The Morgan fingerprint density at radius 1 is 1.82 bits per heavy atom. The minimum absolute atomic E-state index is 0.0281. The normalized spacial score (nSPS) is 9.64. The first-order valence-corrected chi connectivity index (χ1v) is 3.04. The number of nitrogens with one attached hydrogen (secondary N) is 2. The van der Waals surface area contributed by atoms with Crippen LogP contribution in [-0.4, -0.2) is 31.6 Å². The molecule has 0 bridgehead atoms. The van der Waals surface area contributed by atoms with Gasteiger partial charge in [-0.3, -0.25) is 10.2 Å². The molecule has 0 aromatic rings. The van der Waals surface area contributed by atoms with E-state index in [-0.39, 0.29) is 12.5 Å². The maximum atomic E-state index is 10.4. The molecule has 0 saturated heterocycles. The van der Waals surface area contributed by atoms with Crippen LogP contribution in [0.5, 0.6) is 0 Å². The molecule has 0 aliphatic carbocycles. The van der Waals surface area contributed by atoms with Crippen molar-refractivity contribution in [1.82, 2.24) is 5.43 Å². The van der Waals surface area contributed by atoms with E-state index >= 15 is 0 Å². The summed E-state index contributed by atoms with van der Waals surface area (Å²) in [5.41, 5.74) is 2.74. The quantitative estimate of drug-likeness (QED) is 0.336. The van der Waals surface area contributed by atoms with E-state index in [4.69, 9.17) is 5.41 Å². The molecule has 0 radical (unpaired) electrons. The van der Waals surface area contributed by atoms with Gasteiger partial charge in [0.25, 0.3) is 0 Å². The highest BCUT2D eigenvalue weighted by Crippen LogP contribution is 1.69. The molecule has 5 heteroatoms. The third-order valence-corrected chi connectivity index (χ3v) is 0.801. The largest absolute Gasteiger partial charge is 0.468 e. The fourth-order valence-electron chi connectivity index (χ4n) is 0.325. The smallest absolute Gasteiger partial charge is 0.326 e. The lowest BCUT2D eigenvalue weighted by Crippen LogP contribution is -2.19. The number of rotatable bonds is 4. The van der Waals surface area contributed by atoms with Crippen LogP contribution in [0.2, 0.25) is 0 Å². The third-order valence-electron chi connectivity index (χ3n) is 0.801. The van der Waals surface area contributed by atoms with Crippen LogP contribution in [0, 0.1) is 5.41 Å². The van der Waals surface area contributed by atoms with Crippen molar-refractivity contribution in [3.8, 4) is 0 Å². The molecular formula is C6H11N3O2. The van der Waals surface area contributed by atoms with E-state index in [1.54, 1.807) is 6.92 Å². The number of hydrogen-bond acceptors (Lipinski definition) is 5. The fourth-order valence-corrected chi connectivity index (χ4v) is 0.325. The zero-order valence-corrected chi connectivity index (χ0v) is 6.55. The first kappa shape index (κ1) is 9.61. The second-order valence-corrected chi connectivity index (χ2v) is 1.85. The molecule has 0 spiro atoms. The van der Waals surface area contributed by atoms with E-state index in [0.29, 0.717) is 5.71 Å². The van der Waals surface area contributed by atoms with Crippen LogP contribution in [0.25, 0.3) is 0 Å². The van der Waals surface area contributed by atoms with Gasteiger partial charge in [-0.25, -0.2) is 0 Å². The summed E-state index contributed by atoms with van der Waals surface area (Å²) in [5.74, 6) is -0.384. The number of hydrogen-bond donors (Lipinski definition) is 2. The monoisotopic (exact) mass is 157 g/mol. The maximum Gasteiger partial charge on any atom is 0.326 e. The molecule has 62 valence electrons. The maximum absolute atomic E-state index is 10.4. The lowest BCUT2D eigenvalue weighted by molar-refractivity contribution is -0.139. The van der Waals surface area contributed by atoms with Gasteiger partial charge in [0.1, 0.15) is 6.54 Å². The van der Waals surface area contributed by atoms with Crippen LogP contribution in [0.4, 0.5) is 0 Å². The zero-order valence-electron chi connectivity index (χ0n) is 6.55. The van der Waals surface area contributed by atoms with Gasteiger partial charge in [-0.1, -0.05) is 0 Å². The van der Waals surface area contributed by atoms with Crippen LogP contribution in [0.3, 0.4) is 0 Å². The molecule has 0 heterocycles. The first-order valence-electron chi connectivity index (χ1n) is 3.04. The molecule has 0 unspecified atom stereocenters. The Labute approximate surface area is 64.9 Å². The van der Waals surface area contributed by atoms with Gasteiger partial charge in [0.05, 0.1) is 13.3 Å². The second-order valence-electron chi connectivity index (χ2n) is 1.85. The molecule has 0 saturated carbocycles. The highest BCUT2D eigenvalue weighted by molar-refractivity contribution is 6.27. The van der Waals surface area contributed by atoms with Crippen LogP contribution >= 0.6 is 0 Å². The van der Waals surface area contributed by atoms with Gasteiger partial charge in [0.15, 0.2) is 0 Å². The molecule has 5 nitrogen and oxygen atoms in total. The molecule has 0 amide bonds. The summed E-state index contributed by atoms with van der Waals surface area (Å²) in [7, 11) is 1.30. The molecule has 0 aromatic carbocycles. The average molecular weight is 157 g/mol. The lowest BCUT2D eigenvalue weighted by Gasteiger charge is -1.96. The van der Waals surface area contributed by atoms with Gasteiger partial charge in [0, 0.05) is 5.71 Å². The SMILES string of the molecule is COC(=O)CN/N=C\C(C)=N. The highest BCUT2D eigenvalue weighted by atomic mass is 16.5. The van der Waals surface area contributed by atoms with Crippen LogP contribution in [0.1, 0.15) is 6.92 Å². The van der Waals surface area contributed by atoms with Gasteiger partial charge in [-0.15, -0.1) is 0 Å². The summed E-state index contributed by atoms with van der Waals surface area (Å²) < 4.78 is 4.33.